The van der Waals surface area contributed by atoms with Gasteiger partial charge in [-0.15, -0.1) is 0 Å². The number of carbonyl (C=O) groups excluding carboxylic acids is 1. The lowest BCUT2D eigenvalue weighted by molar-refractivity contribution is -0.136. The van der Waals surface area contributed by atoms with E-state index < -0.39 is 0 Å². The Bertz CT molecular complexity index is 259. The molecule has 92 valence electrons. The van der Waals surface area contributed by atoms with Crippen LogP contribution in [0.25, 0.3) is 0 Å². The van der Waals surface area contributed by atoms with Crippen molar-refractivity contribution in [2.75, 3.05) is 25.0 Å². The number of hydrogen-bond acceptors (Lipinski definition) is 2. The zero-order valence-electron chi connectivity index (χ0n) is 9.82. The average Bonchev–Trinajstić information content (AvgIpc) is 2.96. The van der Waals surface area contributed by atoms with Gasteiger partial charge in [0.15, 0.2) is 0 Å². The molecule has 1 amide bonds. The van der Waals surface area contributed by atoms with Crippen LogP contribution in [0.5, 0.6) is 0 Å². The molecule has 2 aliphatic heterocycles. The minimum atomic E-state index is 0.124. The molecule has 3 nitrogen and oxygen atoms in total. The smallest absolute Gasteiger partial charge is 0.228 e. The second kappa shape index (κ2) is 5.50. The summed E-state index contributed by atoms with van der Waals surface area (Å²) in [5, 5.41) is 1.01. The Morgan fingerprint density at radius 1 is 1.50 bits per heavy atom. The molecule has 0 spiro atoms. The number of carbonyl (C=O) groups is 1. The molecule has 0 N–H and O–H groups in total. The molecule has 2 fully saturated rings. The summed E-state index contributed by atoms with van der Waals surface area (Å²) in [4.78, 5) is 14.3. The maximum Gasteiger partial charge on any atom is 0.228 e. The van der Waals surface area contributed by atoms with Gasteiger partial charge in [0.1, 0.15) is 0 Å². The summed E-state index contributed by atoms with van der Waals surface area (Å²) in [7, 11) is 0. The van der Waals surface area contributed by atoms with Crippen LogP contribution >= 0.6 is 15.9 Å². The van der Waals surface area contributed by atoms with E-state index in [1.54, 1.807) is 0 Å². The zero-order chi connectivity index (χ0) is 11.5. The third-order valence-electron chi connectivity index (χ3n) is 3.74. The number of hydrogen-bond donors (Lipinski definition) is 0. The second-order valence-electron chi connectivity index (χ2n) is 4.81. The highest BCUT2D eigenvalue weighted by molar-refractivity contribution is 9.09. The first-order valence-electron chi connectivity index (χ1n) is 6.22. The van der Waals surface area contributed by atoms with Crippen molar-refractivity contribution in [2.24, 2.45) is 11.8 Å². The van der Waals surface area contributed by atoms with Gasteiger partial charge in [-0.2, -0.15) is 0 Å². The largest absolute Gasteiger partial charge is 0.377 e. The number of amides is 1. The van der Waals surface area contributed by atoms with E-state index in [9.17, 15) is 4.79 Å². The Kier molecular flexibility index (Phi) is 4.25. The summed E-state index contributed by atoms with van der Waals surface area (Å²) in [5.41, 5.74) is 0. The second-order valence-corrected chi connectivity index (χ2v) is 5.45. The van der Waals surface area contributed by atoms with Crippen LogP contribution in [-0.4, -0.2) is 41.9 Å². The van der Waals surface area contributed by atoms with E-state index in [-0.39, 0.29) is 12.0 Å². The monoisotopic (exact) mass is 289 g/mol. The van der Waals surface area contributed by atoms with Crippen molar-refractivity contribution in [1.82, 2.24) is 4.90 Å². The van der Waals surface area contributed by atoms with Crippen molar-refractivity contribution < 1.29 is 9.53 Å². The Morgan fingerprint density at radius 2 is 2.31 bits per heavy atom. The van der Waals surface area contributed by atoms with E-state index in [2.05, 4.69) is 22.9 Å². The van der Waals surface area contributed by atoms with E-state index in [0.29, 0.717) is 11.8 Å². The molecule has 4 heteroatoms. The minimum Gasteiger partial charge on any atom is -0.377 e. The highest BCUT2D eigenvalue weighted by Gasteiger charge is 2.37. The van der Waals surface area contributed by atoms with Crippen LogP contribution in [0.2, 0.25) is 0 Å². The molecule has 0 bridgehead atoms. The van der Waals surface area contributed by atoms with E-state index in [1.807, 2.05) is 4.90 Å². The minimum absolute atomic E-state index is 0.124. The molecule has 3 unspecified atom stereocenters. The lowest BCUT2D eigenvalue weighted by Crippen LogP contribution is -2.37. The standard InChI is InChI=1S/C12H20BrNO2/c1-2-11-10(4-6-16-11)12(15)14-5-3-9(7-13)8-14/h9-11H,2-8H2,1H3. The Morgan fingerprint density at radius 3 is 2.94 bits per heavy atom. The Balaban J connectivity index is 1.92. The molecule has 2 rings (SSSR count). The highest BCUT2D eigenvalue weighted by atomic mass is 79.9. The molecule has 2 aliphatic rings. The summed E-state index contributed by atoms with van der Waals surface area (Å²) in [6.07, 6.45) is 3.16. The first kappa shape index (κ1) is 12.4. The van der Waals surface area contributed by atoms with E-state index in [4.69, 9.17) is 4.74 Å². The molecular formula is C12H20BrNO2. The number of ether oxygens (including phenoxy) is 1. The van der Waals surface area contributed by atoms with Gasteiger partial charge in [0.2, 0.25) is 5.91 Å². The summed E-state index contributed by atoms with van der Waals surface area (Å²) in [5.74, 6) is 1.10. The number of halogens is 1. The lowest BCUT2D eigenvalue weighted by Gasteiger charge is -2.23. The van der Waals surface area contributed by atoms with Gasteiger partial charge in [0.05, 0.1) is 12.0 Å². The van der Waals surface area contributed by atoms with Crippen molar-refractivity contribution in [2.45, 2.75) is 32.3 Å². The summed E-state index contributed by atoms with van der Waals surface area (Å²) in [6, 6.07) is 0. The van der Waals surface area contributed by atoms with Crippen LogP contribution in [0, 0.1) is 11.8 Å². The van der Waals surface area contributed by atoms with Crippen LogP contribution < -0.4 is 0 Å². The van der Waals surface area contributed by atoms with Gasteiger partial charge in [0.25, 0.3) is 0 Å². The van der Waals surface area contributed by atoms with Crippen molar-refractivity contribution in [3.05, 3.63) is 0 Å². The fourth-order valence-corrected chi connectivity index (χ4v) is 3.26. The fourth-order valence-electron chi connectivity index (χ4n) is 2.73. The number of alkyl halides is 1. The molecular weight excluding hydrogens is 270 g/mol. The predicted molar refractivity (Wildman–Crippen MR) is 66.6 cm³/mol. The van der Waals surface area contributed by atoms with E-state index in [0.717, 1.165) is 44.3 Å². The average molecular weight is 290 g/mol. The molecule has 2 saturated heterocycles. The quantitative estimate of drug-likeness (QED) is 0.744. The number of nitrogens with zero attached hydrogens (tertiary/aromatic N) is 1. The normalized spacial score (nSPS) is 34.6. The fraction of sp³-hybridized carbons (Fsp3) is 0.917. The molecule has 3 atom stereocenters. The maximum absolute atomic E-state index is 12.3. The molecule has 0 aliphatic carbocycles. The molecule has 0 aromatic heterocycles. The molecule has 16 heavy (non-hydrogen) atoms. The van der Waals surface area contributed by atoms with Gasteiger partial charge in [0, 0.05) is 25.0 Å². The molecule has 0 saturated carbocycles. The van der Waals surface area contributed by atoms with Gasteiger partial charge >= 0.3 is 0 Å². The highest BCUT2D eigenvalue weighted by Crippen LogP contribution is 2.28. The van der Waals surface area contributed by atoms with Crippen LogP contribution in [0.3, 0.4) is 0 Å². The topological polar surface area (TPSA) is 29.5 Å². The first-order chi connectivity index (χ1) is 7.76. The molecule has 0 aromatic rings. The zero-order valence-corrected chi connectivity index (χ0v) is 11.4. The summed E-state index contributed by atoms with van der Waals surface area (Å²) < 4.78 is 5.59. The maximum atomic E-state index is 12.3. The molecule has 0 aromatic carbocycles. The number of likely N-dealkylation sites (tertiary alicyclic amines) is 1. The van der Waals surface area contributed by atoms with Gasteiger partial charge in [-0.1, -0.05) is 22.9 Å². The van der Waals surface area contributed by atoms with Crippen molar-refractivity contribution >= 4 is 21.8 Å². The van der Waals surface area contributed by atoms with E-state index in [1.165, 1.54) is 0 Å². The summed E-state index contributed by atoms with van der Waals surface area (Å²) in [6.45, 7) is 4.71. The van der Waals surface area contributed by atoms with Crippen molar-refractivity contribution in [3.63, 3.8) is 0 Å². The Hall–Kier alpha value is -0.0900. The Labute approximate surface area is 106 Å². The van der Waals surface area contributed by atoms with Crippen LogP contribution in [0.15, 0.2) is 0 Å². The molecule has 2 heterocycles. The van der Waals surface area contributed by atoms with Gasteiger partial charge in [-0.25, -0.2) is 0 Å². The lowest BCUT2D eigenvalue weighted by atomic mass is 9.98. The third-order valence-corrected chi connectivity index (χ3v) is 4.66. The van der Waals surface area contributed by atoms with Gasteiger partial charge in [-0.3, -0.25) is 4.79 Å². The molecule has 0 radical (unpaired) electrons. The predicted octanol–water partition coefficient (Wildman–Crippen LogP) is 2.04. The summed E-state index contributed by atoms with van der Waals surface area (Å²) >= 11 is 3.50. The first-order valence-corrected chi connectivity index (χ1v) is 7.34. The van der Waals surface area contributed by atoms with E-state index >= 15 is 0 Å². The third kappa shape index (κ3) is 2.43. The van der Waals surface area contributed by atoms with Crippen LogP contribution in [0.4, 0.5) is 0 Å². The van der Waals surface area contributed by atoms with Gasteiger partial charge < -0.3 is 9.64 Å². The number of rotatable bonds is 3. The van der Waals surface area contributed by atoms with Gasteiger partial charge in [-0.05, 0) is 25.2 Å². The van der Waals surface area contributed by atoms with Crippen molar-refractivity contribution in [1.29, 1.82) is 0 Å². The van der Waals surface area contributed by atoms with Crippen LogP contribution in [-0.2, 0) is 9.53 Å². The van der Waals surface area contributed by atoms with Crippen LogP contribution in [0.1, 0.15) is 26.2 Å². The van der Waals surface area contributed by atoms with Crippen molar-refractivity contribution in [3.8, 4) is 0 Å². The SMILES string of the molecule is CCC1OCCC1C(=O)N1CCC(CBr)C1.